The van der Waals surface area contributed by atoms with Crippen molar-refractivity contribution < 1.29 is 9.59 Å². The summed E-state index contributed by atoms with van der Waals surface area (Å²) < 4.78 is 0. The number of hydrogen-bond donors (Lipinski definition) is 3. The first-order valence-electron chi connectivity index (χ1n) is 8.05. The first-order chi connectivity index (χ1) is 10.7. The smallest absolute Gasteiger partial charge is 0.315 e. The minimum Gasteiger partial charge on any atom is -0.352 e. The Hall–Kier alpha value is -2.04. The highest BCUT2D eigenvalue weighted by Crippen LogP contribution is 2.43. The van der Waals surface area contributed by atoms with Gasteiger partial charge in [0.25, 0.3) is 0 Å². The summed E-state index contributed by atoms with van der Waals surface area (Å²) in [6.45, 7) is 0.660. The molecule has 0 aliphatic heterocycles. The molecule has 0 heterocycles. The molecule has 2 saturated carbocycles. The molecular weight excluding hydrogens is 278 g/mol. The average Bonchev–Trinajstić information content (AvgIpc) is 3.29. The van der Waals surface area contributed by atoms with Gasteiger partial charge in [-0.15, -0.1) is 0 Å². The Labute approximate surface area is 130 Å². The molecule has 5 heteroatoms. The summed E-state index contributed by atoms with van der Waals surface area (Å²) in [6, 6.07) is 10.4. The minimum absolute atomic E-state index is 0.0423. The SMILES string of the molecule is O=C(CNC(=O)NCC1(c2ccccc2)CCC1)NC1CC1. The summed E-state index contributed by atoms with van der Waals surface area (Å²) >= 11 is 0. The molecule has 0 unspecified atom stereocenters. The zero-order valence-corrected chi connectivity index (χ0v) is 12.7. The molecule has 0 atom stereocenters. The predicted octanol–water partition coefficient (Wildman–Crippen LogP) is 1.69. The molecule has 1 aromatic rings. The lowest BCUT2D eigenvalue weighted by Crippen LogP contribution is -2.49. The van der Waals surface area contributed by atoms with Gasteiger partial charge in [0.15, 0.2) is 0 Å². The third kappa shape index (κ3) is 3.59. The van der Waals surface area contributed by atoms with Crippen molar-refractivity contribution in [3.63, 3.8) is 0 Å². The fourth-order valence-electron chi connectivity index (χ4n) is 2.94. The van der Waals surface area contributed by atoms with Gasteiger partial charge in [-0.25, -0.2) is 4.79 Å². The van der Waals surface area contributed by atoms with E-state index < -0.39 is 0 Å². The molecule has 1 aromatic carbocycles. The summed E-state index contributed by atoms with van der Waals surface area (Å²) in [5, 5.41) is 8.39. The summed E-state index contributed by atoms with van der Waals surface area (Å²) in [5.41, 5.74) is 1.35. The molecule has 2 fully saturated rings. The monoisotopic (exact) mass is 301 g/mol. The zero-order valence-electron chi connectivity index (χ0n) is 12.7. The standard InChI is InChI=1S/C17H23N3O2/c21-15(20-14-7-8-14)11-18-16(22)19-12-17(9-4-10-17)13-5-2-1-3-6-13/h1-3,5-6,14H,4,7-12H2,(H,20,21)(H2,18,19,22). The number of benzene rings is 1. The summed E-state index contributed by atoms with van der Waals surface area (Å²) in [4.78, 5) is 23.4. The molecule has 5 nitrogen and oxygen atoms in total. The molecule has 0 bridgehead atoms. The van der Waals surface area contributed by atoms with E-state index in [1.54, 1.807) is 0 Å². The van der Waals surface area contributed by atoms with Crippen molar-refractivity contribution in [2.45, 2.75) is 43.6 Å². The minimum atomic E-state index is -0.270. The Kier molecular flexibility index (Phi) is 4.32. The fraction of sp³-hybridized carbons (Fsp3) is 0.529. The topological polar surface area (TPSA) is 70.2 Å². The van der Waals surface area contributed by atoms with Gasteiger partial charge in [0.1, 0.15) is 0 Å². The molecule has 2 aliphatic carbocycles. The van der Waals surface area contributed by atoms with Crippen molar-refractivity contribution in [2.75, 3.05) is 13.1 Å². The number of nitrogens with one attached hydrogen (secondary N) is 3. The van der Waals surface area contributed by atoms with Gasteiger partial charge >= 0.3 is 6.03 Å². The van der Waals surface area contributed by atoms with Gasteiger partial charge in [-0.3, -0.25) is 4.79 Å². The van der Waals surface area contributed by atoms with Crippen molar-refractivity contribution in [1.29, 1.82) is 0 Å². The molecule has 22 heavy (non-hydrogen) atoms. The van der Waals surface area contributed by atoms with Crippen molar-refractivity contribution in [2.24, 2.45) is 0 Å². The van der Waals surface area contributed by atoms with Crippen LogP contribution in [0.15, 0.2) is 30.3 Å². The maximum atomic E-state index is 11.9. The molecule has 0 radical (unpaired) electrons. The molecule has 2 aliphatic rings. The lowest BCUT2D eigenvalue weighted by Gasteiger charge is -2.42. The predicted molar refractivity (Wildman–Crippen MR) is 84.5 cm³/mol. The third-order valence-electron chi connectivity index (χ3n) is 4.64. The lowest BCUT2D eigenvalue weighted by atomic mass is 9.64. The van der Waals surface area contributed by atoms with Crippen LogP contribution in [0.25, 0.3) is 0 Å². The summed E-state index contributed by atoms with van der Waals surface area (Å²) in [7, 11) is 0. The first kappa shape index (κ1) is 14.9. The van der Waals surface area contributed by atoms with Crippen molar-refractivity contribution in [1.82, 2.24) is 16.0 Å². The van der Waals surface area contributed by atoms with Crippen LogP contribution in [-0.2, 0) is 10.2 Å². The molecule has 3 N–H and O–H groups in total. The Morgan fingerprint density at radius 3 is 2.41 bits per heavy atom. The van der Waals surface area contributed by atoms with E-state index in [1.807, 2.05) is 18.2 Å². The van der Waals surface area contributed by atoms with Crippen LogP contribution in [0.4, 0.5) is 4.79 Å². The molecule has 0 spiro atoms. The van der Waals surface area contributed by atoms with Crippen LogP contribution in [0.1, 0.15) is 37.7 Å². The van der Waals surface area contributed by atoms with E-state index in [0.29, 0.717) is 12.6 Å². The van der Waals surface area contributed by atoms with E-state index in [0.717, 1.165) is 25.7 Å². The summed E-state index contributed by atoms with van der Waals surface area (Å²) in [5.74, 6) is -0.112. The van der Waals surface area contributed by atoms with E-state index in [9.17, 15) is 9.59 Å². The van der Waals surface area contributed by atoms with E-state index >= 15 is 0 Å². The van der Waals surface area contributed by atoms with Crippen LogP contribution in [0.2, 0.25) is 0 Å². The van der Waals surface area contributed by atoms with Gasteiger partial charge in [0, 0.05) is 18.0 Å². The van der Waals surface area contributed by atoms with Crippen LogP contribution >= 0.6 is 0 Å². The summed E-state index contributed by atoms with van der Waals surface area (Å²) in [6.07, 6.45) is 5.50. The Balaban J connectivity index is 1.44. The van der Waals surface area contributed by atoms with Crippen LogP contribution < -0.4 is 16.0 Å². The molecule has 0 saturated heterocycles. The Bertz CT molecular complexity index is 536. The highest BCUT2D eigenvalue weighted by molar-refractivity contribution is 5.84. The number of rotatable bonds is 6. The number of carbonyl (C=O) groups excluding carboxylic acids is 2. The van der Waals surface area contributed by atoms with Gasteiger partial charge < -0.3 is 16.0 Å². The second kappa shape index (κ2) is 6.38. The molecule has 3 rings (SSSR count). The van der Waals surface area contributed by atoms with Gasteiger partial charge in [-0.1, -0.05) is 36.8 Å². The fourth-order valence-corrected chi connectivity index (χ4v) is 2.94. The van der Waals surface area contributed by atoms with Gasteiger partial charge in [0.2, 0.25) is 5.91 Å². The van der Waals surface area contributed by atoms with Crippen LogP contribution in [0.3, 0.4) is 0 Å². The van der Waals surface area contributed by atoms with Gasteiger partial charge in [-0.05, 0) is 31.2 Å². The normalized spacial score (nSPS) is 18.9. The van der Waals surface area contributed by atoms with Crippen LogP contribution in [-0.4, -0.2) is 31.1 Å². The van der Waals surface area contributed by atoms with Gasteiger partial charge in [-0.2, -0.15) is 0 Å². The van der Waals surface area contributed by atoms with Crippen molar-refractivity contribution in [3.8, 4) is 0 Å². The zero-order chi connectivity index (χ0) is 15.4. The molecular formula is C17H23N3O2. The molecule has 118 valence electrons. The van der Waals surface area contributed by atoms with E-state index in [1.165, 1.54) is 12.0 Å². The Morgan fingerprint density at radius 1 is 1.09 bits per heavy atom. The maximum absolute atomic E-state index is 11.9. The van der Waals surface area contributed by atoms with E-state index in [2.05, 4.69) is 28.1 Å². The quantitative estimate of drug-likeness (QED) is 0.748. The van der Waals surface area contributed by atoms with Crippen LogP contribution in [0.5, 0.6) is 0 Å². The highest BCUT2D eigenvalue weighted by atomic mass is 16.2. The first-order valence-corrected chi connectivity index (χ1v) is 8.05. The van der Waals surface area contributed by atoms with Crippen molar-refractivity contribution in [3.05, 3.63) is 35.9 Å². The molecule has 3 amide bonds. The van der Waals surface area contributed by atoms with Crippen molar-refractivity contribution >= 4 is 11.9 Å². The van der Waals surface area contributed by atoms with Crippen LogP contribution in [0, 0.1) is 0 Å². The van der Waals surface area contributed by atoms with E-state index in [-0.39, 0.29) is 23.9 Å². The number of carbonyl (C=O) groups is 2. The Morgan fingerprint density at radius 2 is 1.82 bits per heavy atom. The second-order valence-electron chi connectivity index (χ2n) is 6.38. The number of urea groups is 1. The molecule has 0 aromatic heterocycles. The maximum Gasteiger partial charge on any atom is 0.315 e. The van der Waals surface area contributed by atoms with E-state index in [4.69, 9.17) is 0 Å². The number of amides is 3. The second-order valence-corrected chi connectivity index (χ2v) is 6.38. The largest absolute Gasteiger partial charge is 0.352 e. The van der Waals surface area contributed by atoms with Gasteiger partial charge in [0.05, 0.1) is 6.54 Å². The highest BCUT2D eigenvalue weighted by Gasteiger charge is 2.38. The lowest BCUT2D eigenvalue weighted by molar-refractivity contribution is -0.120. The number of hydrogen-bond acceptors (Lipinski definition) is 2. The third-order valence-corrected chi connectivity index (χ3v) is 4.64. The average molecular weight is 301 g/mol.